The first kappa shape index (κ1) is 13.9. The van der Waals surface area contributed by atoms with Gasteiger partial charge in [-0.25, -0.2) is 0 Å². The van der Waals surface area contributed by atoms with Gasteiger partial charge in [-0.05, 0) is 29.1 Å². The van der Waals surface area contributed by atoms with Crippen molar-refractivity contribution in [3.05, 3.63) is 46.2 Å². The molecule has 5 nitrogen and oxygen atoms in total. The van der Waals surface area contributed by atoms with Gasteiger partial charge in [0.25, 0.3) is 5.91 Å². The van der Waals surface area contributed by atoms with E-state index >= 15 is 0 Å². The van der Waals surface area contributed by atoms with Crippen LogP contribution in [-0.2, 0) is 0 Å². The van der Waals surface area contributed by atoms with Gasteiger partial charge in [0.1, 0.15) is 13.2 Å². The molecule has 0 radical (unpaired) electrons. The van der Waals surface area contributed by atoms with E-state index in [1.54, 1.807) is 24.3 Å². The summed E-state index contributed by atoms with van der Waals surface area (Å²) < 4.78 is 10.9. The van der Waals surface area contributed by atoms with E-state index in [1.165, 1.54) is 11.3 Å². The van der Waals surface area contributed by atoms with Crippen molar-refractivity contribution in [2.75, 3.05) is 19.8 Å². The van der Waals surface area contributed by atoms with Crippen LogP contribution in [0.3, 0.4) is 0 Å². The molecule has 0 bridgehead atoms. The van der Waals surface area contributed by atoms with Crippen LogP contribution in [0.15, 0.2) is 35.7 Å². The zero-order chi connectivity index (χ0) is 14.7. The molecule has 110 valence electrons. The predicted molar refractivity (Wildman–Crippen MR) is 79.0 cm³/mol. The number of carbonyl (C=O) groups excluding carboxylic acids is 1. The lowest BCUT2D eigenvalue weighted by molar-refractivity contribution is 0.0920. The van der Waals surface area contributed by atoms with Crippen molar-refractivity contribution in [1.29, 1.82) is 0 Å². The fourth-order valence-corrected chi connectivity index (χ4v) is 2.71. The van der Waals surface area contributed by atoms with E-state index in [1.807, 2.05) is 11.4 Å². The summed E-state index contributed by atoms with van der Waals surface area (Å²) in [5, 5.41) is 14.7. The highest BCUT2D eigenvalue weighted by Gasteiger charge is 2.16. The van der Waals surface area contributed by atoms with E-state index in [2.05, 4.69) is 5.32 Å². The maximum absolute atomic E-state index is 11.8. The highest BCUT2D eigenvalue weighted by Crippen LogP contribution is 2.32. The maximum Gasteiger partial charge on any atom is 0.261 e. The minimum absolute atomic E-state index is 0.149. The Balaban J connectivity index is 1.62. The summed E-state index contributed by atoms with van der Waals surface area (Å²) in [6.07, 6.45) is -0.787. The molecule has 2 N–H and O–H groups in total. The molecule has 0 fully saturated rings. The van der Waals surface area contributed by atoms with E-state index < -0.39 is 6.10 Å². The van der Waals surface area contributed by atoms with E-state index in [4.69, 9.17) is 9.47 Å². The average Bonchev–Trinajstić information content (AvgIpc) is 3.06. The normalized spacial score (nSPS) is 14.5. The molecule has 1 unspecified atom stereocenters. The van der Waals surface area contributed by atoms with E-state index in [0.29, 0.717) is 35.2 Å². The van der Waals surface area contributed by atoms with Crippen LogP contribution in [0.2, 0.25) is 0 Å². The molecule has 1 aromatic carbocycles. The van der Waals surface area contributed by atoms with Crippen LogP contribution in [0.4, 0.5) is 0 Å². The molecule has 6 heteroatoms. The molecular weight excluding hydrogens is 290 g/mol. The molecule has 3 rings (SSSR count). The number of carbonyl (C=O) groups is 1. The summed E-state index contributed by atoms with van der Waals surface area (Å²) in [7, 11) is 0. The lowest BCUT2D eigenvalue weighted by Gasteiger charge is -2.20. The third kappa shape index (κ3) is 3.17. The number of thiophene rings is 1. The Hall–Kier alpha value is -2.05. The van der Waals surface area contributed by atoms with Crippen LogP contribution in [0.1, 0.15) is 21.3 Å². The molecule has 21 heavy (non-hydrogen) atoms. The quantitative estimate of drug-likeness (QED) is 0.906. The smallest absolute Gasteiger partial charge is 0.261 e. The summed E-state index contributed by atoms with van der Waals surface area (Å²) in [5.41, 5.74) is 0.686. The molecule has 1 aliphatic rings. The number of rotatable bonds is 4. The Kier molecular flexibility index (Phi) is 4.08. The lowest BCUT2D eigenvalue weighted by atomic mass is 10.1. The summed E-state index contributed by atoms with van der Waals surface area (Å²) in [5.74, 6) is 1.13. The van der Waals surface area contributed by atoms with E-state index in [9.17, 15) is 9.90 Å². The van der Waals surface area contributed by atoms with Crippen molar-refractivity contribution in [3.63, 3.8) is 0 Å². The second kappa shape index (κ2) is 6.15. The van der Waals surface area contributed by atoms with Crippen LogP contribution >= 0.6 is 11.3 Å². The second-order valence-corrected chi connectivity index (χ2v) is 5.55. The maximum atomic E-state index is 11.8. The topological polar surface area (TPSA) is 67.8 Å². The number of fused-ring (bicyclic) bond motifs is 1. The number of ether oxygens (including phenoxy) is 2. The van der Waals surface area contributed by atoms with Gasteiger partial charge >= 0.3 is 0 Å². The van der Waals surface area contributed by atoms with Crippen molar-refractivity contribution < 1.29 is 19.4 Å². The number of amides is 1. The Bertz CT molecular complexity index is 627. The lowest BCUT2D eigenvalue weighted by Crippen LogP contribution is -2.27. The van der Waals surface area contributed by atoms with Crippen LogP contribution < -0.4 is 14.8 Å². The van der Waals surface area contributed by atoms with Crippen molar-refractivity contribution in [2.45, 2.75) is 6.10 Å². The molecule has 1 atom stereocenters. The fourth-order valence-electron chi connectivity index (χ4n) is 2.07. The van der Waals surface area contributed by atoms with Crippen molar-refractivity contribution >= 4 is 17.2 Å². The fraction of sp³-hybridized carbons (Fsp3) is 0.267. The van der Waals surface area contributed by atoms with Gasteiger partial charge in [-0.3, -0.25) is 4.79 Å². The zero-order valence-corrected chi connectivity index (χ0v) is 12.1. The Morgan fingerprint density at radius 2 is 2.10 bits per heavy atom. The van der Waals surface area contributed by atoms with Gasteiger partial charge in [0.15, 0.2) is 11.5 Å². The van der Waals surface area contributed by atoms with Crippen LogP contribution in [0, 0.1) is 0 Å². The van der Waals surface area contributed by atoms with Crippen LogP contribution in [0.5, 0.6) is 11.5 Å². The van der Waals surface area contributed by atoms with Crippen LogP contribution in [0.25, 0.3) is 0 Å². The van der Waals surface area contributed by atoms with E-state index in [0.717, 1.165) is 0 Å². The number of benzene rings is 1. The van der Waals surface area contributed by atoms with Gasteiger partial charge < -0.3 is 19.9 Å². The van der Waals surface area contributed by atoms with Gasteiger partial charge in [-0.1, -0.05) is 12.1 Å². The first-order valence-electron chi connectivity index (χ1n) is 6.63. The molecule has 1 aliphatic heterocycles. The first-order chi connectivity index (χ1) is 10.2. The van der Waals surface area contributed by atoms with Gasteiger partial charge in [0.05, 0.1) is 11.0 Å². The van der Waals surface area contributed by atoms with Crippen molar-refractivity contribution in [3.8, 4) is 11.5 Å². The second-order valence-electron chi connectivity index (χ2n) is 4.61. The number of aliphatic hydroxyl groups is 1. The van der Waals surface area contributed by atoms with Gasteiger partial charge in [0, 0.05) is 6.54 Å². The molecular formula is C15H15NO4S. The monoisotopic (exact) mass is 305 g/mol. The van der Waals surface area contributed by atoms with Crippen molar-refractivity contribution in [2.24, 2.45) is 0 Å². The highest BCUT2D eigenvalue weighted by molar-refractivity contribution is 7.12. The van der Waals surface area contributed by atoms with Gasteiger partial charge in [-0.15, -0.1) is 11.3 Å². The number of hydrogen-bond acceptors (Lipinski definition) is 5. The Morgan fingerprint density at radius 3 is 2.86 bits per heavy atom. The number of nitrogens with one attached hydrogen (secondary N) is 1. The summed E-state index contributed by atoms with van der Waals surface area (Å²) >= 11 is 1.37. The Labute approximate surface area is 126 Å². The minimum atomic E-state index is -0.787. The summed E-state index contributed by atoms with van der Waals surface area (Å²) in [6.45, 7) is 1.18. The predicted octanol–water partition coefficient (Wildman–Crippen LogP) is 1.98. The molecule has 0 saturated heterocycles. The largest absolute Gasteiger partial charge is 0.486 e. The highest BCUT2D eigenvalue weighted by atomic mass is 32.1. The SMILES string of the molecule is O=C(NCC(O)c1ccc2c(c1)OCCO2)c1cccs1. The third-order valence-electron chi connectivity index (χ3n) is 3.15. The minimum Gasteiger partial charge on any atom is -0.486 e. The molecule has 0 saturated carbocycles. The van der Waals surface area contributed by atoms with Crippen molar-refractivity contribution in [1.82, 2.24) is 5.32 Å². The van der Waals surface area contributed by atoms with Gasteiger partial charge in [0.2, 0.25) is 0 Å². The van der Waals surface area contributed by atoms with Crippen LogP contribution in [-0.4, -0.2) is 30.8 Å². The molecule has 0 spiro atoms. The standard InChI is InChI=1S/C15H15NO4S/c17-11(9-16-15(18)14-2-1-7-21-14)10-3-4-12-13(8-10)20-6-5-19-12/h1-4,7-8,11,17H,5-6,9H2,(H,16,18). The molecule has 1 amide bonds. The Morgan fingerprint density at radius 1 is 1.29 bits per heavy atom. The first-order valence-corrected chi connectivity index (χ1v) is 7.51. The van der Waals surface area contributed by atoms with Gasteiger partial charge in [-0.2, -0.15) is 0 Å². The summed E-state index contributed by atoms with van der Waals surface area (Å²) in [6, 6.07) is 8.85. The third-order valence-corrected chi connectivity index (χ3v) is 4.02. The molecule has 0 aliphatic carbocycles. The summed E-state index contributed by atoms with van der Waals surface area (Å²) in [4.78, 5) is 12.4. The average molecular weight is 305 g/mol. The molecule has 1 aromatic heterocycles. The van der Waals surface area contributed by atoms with E-state index in [-0.39, 0.29) is 12.5 Å². The molecule has 2 heterocycles. The molecule has 2 aromatic rings. The zero-order valence-electron chi connectivity index (χ0n) is 11.2. The number of aliphatic hydroxyl groups excluding tert-OH is 1. The number of hydrogen-bond donors (Lipinski definition) is 2.